The lowest BCUT2D eigenvalue weighted by atomic mass is 10.5. The first-order valence-corrected chi connectivity index (χ1v) is 4.86. The predicted molar refractivity (Wildman–Crippen MR) is 51.0 cm³/mol. The highest BCUT2D eigenvalue weighted by molar-refractivity contribution is 7.13. The standard InChI is InChI=1S/C7H11N3O2S/c1-3-5(11)8-6-9-10(4-2)7(12)13-6/h3-4H2,1-2H3,(H,8,9,11). The Morgan fingerprint density at radius 3 is 2.77 bits per heavy atom. The Balaban J connectivity index is 2.79. The van der Waals surface area contributed by atoms with Gasteiger partial charge in [0.15, 0.2) is 0 Å². The van der Waals surface area contributed by atoms with Gasteiger partial charge in [-0.1, -0.05) is 6.92 Å². The Morgan fingerprint density at radius 1 is 1.62 bits per heavy atom. The molecule has 0 fully saturated rings. The van der Waals surface area contributed by atoms with Gasteiger partial charge < -0.3 is 5.32 Å². The van der Waals surface area contributed by atoms with Crippen molar-refractivity contribution in [2.75, 3.05) is 5.32 Å². The van der Waals surface area contributed by atoms with Crippen LogP contribution >= 0.6 is 11.3 Å². The summed E-state index contributed by atoms with van der Waals surface area (Å²) in [7, 11) is 0. The van der Waals surface area contributed by atoms with Crippen LogP contribution in [0.3, 0.4) is 0 Å². The molecule has 72 valence electrons. The van der Waals surface area contributed by atoms with Crippen molar-refractivity contribution in [3.63, 3.8) is 0 Å². The van der Waals surface area contributed by atoms with Crippen LogP contribution in [0.5, 0.6) is 0 Å². The van der Waals surface area contributed by atoms with E-state index in [-0.39, 0.29) is 10.8 Å². The van der Waals surface area contributed by atoms with E-state index in [1.54, 1.807) is 6.92 Å². The summed E-state index contributed by atoms with van der Waals surface area (Å²) >= 11 is 0.947. The fourth-order valence-electron chi connectivity index (χ4n) is 0.764. The topological polar surface area (TPSA) is 64.0 Å². The summed E-state index contributed by atoms with van der Waals surface area (Å²) in [5, 5.41) is 6.82. The number of hydrogen-bond acceptors (Lipinski definition) is 4. The van der Waals surface area contributed by atoms with Crippen LogP contribution in [0.25, 0.3) is 0 Å². The third kappa shape index (κ3) is 2.38. The number of carbonyl (C=O) groups excluding carboxylic acids is 1. The maximum absolute atomic E-state index is 11.1. The van der Waals surface area contributed by atoms with Gasteiger partial charge in [-0.05, 0) is 18.3 Å². The molecule has 0 saturated heterocycles. The molecule has 0 aliphatic rings. The minimum Gasteiger partial charge on any atom is -0.301 e. The van der Waals surface area contributed by atoms with Crippen molar-refractivity contribution in [1.82, 2.24) is 9.78 Å². The van der Waals surface area contributed by atoms with E-state index in [2.05, 4.69) is 10.4 Å². The normalized spacial score (nSPS) is 10.0. The van der Waals surface area contributed by atoms with E-state index in [1.165, 1.54) is 4.68 Å². The van der Waals surface area contributed by atoms with Crippen molar-refractivity contribution in [1.29, 1.82) is 0 Å². The average molecular weight is 201 g/mol. The van der Waals surface area contributed by atoms with Gasteiger partial charge in [-0.15, -0.1) is 5.10 Å². The van der Waals surface area contributed by atoms with E-state index in [1.807, 2.05) is 6.92 Å². The van der Waals surface area contributed by atoms with Gasteiger partial charge in [-0.3, -0.25) is 9.59 Å². The third-order valence-electron chi connectivity index (χ3n) is 1.47. The third-order valence-corrected chi connectivity index (χ3v) is 2.24. The molecule has 6 heteroatoms. The van der Waals surface area contributed by atoms with Gasteiger partial charge >= 0.3 is 4.87 Å². The highest BCUT2D eigenvalue weighted by atomic mass is 32.1. The second kappa shape index (κ2) is 4.18. The Labute approximate surface area is 79.4 Å². The number of nitrogens with one attached hydrogen (secondary N) is 1. The molecular formula is C7H11N3O2S. The molecule has 0 aliphatic heterocycles. The number of carbonyl (C=O) groups is 1. The fourth-order valence-corrected chi connectivity index (χ4v) is 1.51. The van der Waals surface area contributed by atoms with E-state index in [0.29, 0.717) is 18.1 Å². The van der Waals surface area contributed by atoms with Crippen LogP contribution in [0.15, 0.2) is 4.79 Å². The number of amides is 1. The number of nitrogens with zero attached hydrogens (tertiary/aromatic N) is 2. The SMILES string of the molecule is CCC(=O)Nc1nn(CC)c(=O)s1. The number of anilines is 1. The van der Waals surface area contributed by atoms with Crippen LogP contribution < -0.4 is 10.2 Å². The van der Waals surface area contributed by atoms with Crippen molar-refractivity contribution >= 4 is 22.4 Å². The van der Waals surface area contributed by atoms with E-state index in [0.717, 1.165) is 11.3 Å². The second-order valence-electron chi connectivity index (χ2n) is 2.39. The molecule has 0 radical (unpaired) electrons. The van der Waals surface area contributed by atoms with E-state index in [9.17, 15) is 9.59 Å². The molecule has 1 N–H and O–H groups in total. The summed E-state index contributed by atoms with van der Waals surface area (Å²) < 4.78 is 1.32. The van der Waals surface area contributed by atoms with Gasteiger partial charge in [0, 0.05) is 13.0 Å². The van der Waals surface area contributed by atoms with Gasteiger partial charge in [0.2, 0.25) is 11.0 Å². The Kier molecular flexibility index (Phi) is 3.18. The Bertz CT molecular complexity index is 355. The van der Waals surface area contributed by atoms with E-state index < -0.39 is 0 Å². The molecule has 0 spiro atoms. The monoisotopic (exact) mass is 201 g/mol. The second-order valence-corrected chi connectivity index (χ2v) is 3.33. The lowest BCUT2D eigenvalue weighted by Crippen LogP contribution is -2.13. The summed E-state index contributed by atoms with van der Waals surface area (Å²) in [5.74, 6) is -0.128. The van der Waals surface area contributed by atoms with Crippen LogP contribution in [-0.2, 0) is 11.3 Å². The molecule has 1 aromatic rings. The molecule has 0 aromatic carbocycles. The number of hydrogen-bond donors (Lipinski definition) is 1. The van der Waals surface area contributed by atoms with Crippen molar-refractivity contribution in [2.45, 2.75) is 26.8 Å². The number of aryl methyl sites for hydroxylation is 1. The number of rotatable bonds is 3. The summed E-state index contributed by atoms with van der Waals surface area (Å²) in [6.07, 6.45) is 0.389. The zero-order valence-corrected chi connectivity index (χ0v) is 8.35. The molecule has 13 heavy (non-hydrogen) atoms. The molecule has 0 unspecified atom stereocenters. The summed E-state index contributed by atoms with van der Waals surface area (Å²) in [6.45, 7) is 4.10. The van der Waals surface area contributed by atoms with Crippen LogP contribution in [-0.4, -0.2) is 15.7 Å². The van der Waals surface area contributed by atoms with Crippen LogP contribution in [0, 0.1) is 0 Å². The van der Waals surface area contributed by atoms with Gasteiger partial charge in [-0.25, -0.2) is 4.68 Å². The van der Waals surface area contributed by atoms with Gasteiger partial charge in [-0.2, -0.15) is 0 Å². The largest absolute Gasteiger partial charge is 0.326 e. The Hall–Kier alpha value is -1.17. The summed E-state index contributed by atoms with van der Waals surface area (Å²) in [4.78, 5) is 21.9. The van der Waals surface area contributed by atoms with Crippen molar-refractivity contribution in [3.05, 3.63) is 9.67 Å². The quantitative estimate of drug-likeness (QED) is 0.781. The molecule has 0 aliphatic carbocycles. The van der Waals surface area contributed by atoms with Gasteiger partial charge in [0.1, 0.15) is 0 Å². The minimum absolute atomic E-state index is 0.128. The van der Waals surface area contributed by atoms with Crippen molar-refractivity contribution in [3.8, 4) is 0 Å². The maximum Gasteiger partial charge on any atom is 0.326 e. The molecule has 0 saturated carbocycles. The number of aromatic nitrogens is 2. The van der Waals surface area contributed by atoms with Gasteiger partial charge in [0.05, 0.1) is 0 Å². The molecule has 0 bridgehead atoms. The molecule has 1 amide bonds. The first-order valence-electron chi connectivity index (χ1n) is 4.05. The summed E-state index contributed by atoms with van der Waals surface area (Å²) in [6, 6.07) is 0. The molecule has 1 rings (SSSR count). The molecule has 5 nitrogen and oxygen atoms in total. The highest BCUT2D eigenvalue weighted by Gasteiger charge is 2.06. The van der Waals surface area contributed by atoms with Crippen LogP contribution in [0.1, 0.15) is 20.3 Å². The first kappa shape index (κ1) is 9.91. The van der Waals surface area contributed by atoms with Crippen LogP contribution in [0.2, 0.25) is 0 Å². The lowest BCUT2D eigenvalue weighted by molar-refractivity contribution is -0.115. The van der Waals surface area contributed by atoms with Crippen molar-refractivity contribution in [2.24, 2.45) is 0 Å². The molecule has 1 aromatic heterocycles. The van der Waals surface area contributed by atoms with Crippen molar-refractivity contribution < 1.29 is 4.79 Å². The fraction of sp³-hybridized carbons (Fsp3) is 0.571. The van der Waals surface area contributed by atoms with E-state index in [4.69, 9.17) is 0 Å². The zero-order valence-electron chi connectivity index (χ0n) is 7.53. The average Bonchev–Trinajstić information content (AvgIpc) is 2.46. The van der Waals surface area contributed by atoms with Crippen LogP contribution in [0.4, 0.5) is 5.13 Å². The first-order chi connectivity index (χ1) is 6.17. The minimum atomic E-state index is -0.145. The molecule has 1 heterocycles. The van der Waals surface area contributed by atoms with E-state index >= 15 is 0 Å². The smallest absolute Gasteiger partial charge is 0.301 e. The maximum atomic E-state index is 11.1. The predicted octanol–water partition coefficient (Wildman–Crippen LogP) is 0.673. The summed E-state index contributed by atoms with van der Waals surface area (Å²) in [5.41, 5.74) is 0. The molecular weight excluding hydrogens is 190 g/mol. The Morgan fingerprint density at radius 2 is 2.31 bits per heavy atom. The van der Waals surface area contributed by atoms with Gasteiger partial charge in [0.25, 0.3) is 0 Å². The zero-order chi connectivity index (χ0) is 9.84. The highest BCUT2D eigenvalue weighted by Crippen LogP contribution is 2.05. The molecule has 0 atom stereocenters. The lowest BCUT2D eigenvalue weighted by Gasteiger charge is -1.95.